The number of hydrogen-bond acceptors (Lipinski definition) is 4. The molecule has 98 valence electrons. The monoisotopic (exact) mass is 250 g/mol. The first kappa shape index (κ1) is 12.8. The first-order chi connectivity index (χ1) is 8.77. The topological polar surface area (TPSA) is 71.5 Å². The number of carbonyl (C=O) groups is 1. The zero-order valence-electron chi connectivity index (χ0n) is 10.3. The summed E-state index contributed by atoms with van der Waals surface area (Å²) < 4.78 is 5.29. The molecular formula is C13H18N2O3. The fourth-order valence-electron chi connectivity index (χ4n) is 2.06. The Morgan fingerprint density at radius 3 is 3.22 bits per heavy atom. The molecule has 1 saturated heterocycles. The second kappa shape index (κ2) is 6.35. The van der Waals surface area contributed by atoms with E-state index in [1.165, 1.54) is 12.3 Å². The minimum absolute atomic E-state index is 0.0841. The minimum atomic E-state index is -0.323. The van der Waals surface area contributed by atoms with Crippen LogP contribution in [0.3, 0.4) is 0 Å². The highest BCUT2D eigenvalue weighted by atomic mass is 16.5. The van der Waals surface area contributed by atoms with Crippen LogP contribution in [-0.4, -0.2) is 35.8 Å². The van der Waals surface area contributed by atoms with E-state index in [1.807, 2.05) is 0 Å². The van der Waals surface area contributed by atoms with Crippen LogP contribution >= 0.6 is 0 Å². The summed E-state index contributed by atoms with van der Waals surface area (Å²) in [5.74, 6) is 0.222. The molecule has 0 saturated carbocycles. The molecule has 0 spiro atoms. The van der Waals surface area contributed by atoms with Gasteiger partial charge in [0.15, 0.2) is 5.69 Å². The van der Waals surface area contributed by atoms with Crippen molar-refractivity contribution in [3.05, 3.63) is 24.0 Å². The van der Waals surface area contributed by atoms with Gasteiger partial charge in [-0.2, -0.15) is 0 Å². The van der Waals surface area contributed by atoms with Gasteiger partial charge in [-0.25, -0.2) is 4.98 Å². The van der Waals surface area contributed by atoms with Gasteiger partial charge in [-0.05, 0) is 37.3 Å². The molecule has 0 bridgehead atoms. The Bertz CT molecular complexity index is 403. The molecule has 5 nitrogen and oxygen atoms in total. The third kappa shape index (κ3) is 3.43. The Morgan fingerprint density at radius 1 is 1.61 bits per heavy atom. The molecule has 18 heavy (non-hydrogen) atoms. The molecule has 2 N–H and O–H groups in total. The summed E-state index contributed by atoms with van der Waals surface area (Å²) in [6.07, 6.45) is 4.60. The largest absolute Gasteiger partial charge is 0.505 e. The van der Waals surface area contributed by atoms with E-state index in [2.05, 4.69) is 10.3 Å². The van der Waals surface area contributed by atoms with Gasteiger partial charge in [0.25, 0.3) is 5.91 Å². The van der Waals surface area contributed by atoms with E-state index in [0.717, 1.165) is 32.5 Å². The summed E-state index contributed by atoms with van der Waals surface area (Å²) in [6.45, 7) is 2.30. The van der Waals surface area contributed by atoms with Crippen molar-refractivity contribution in [2.24, 2.45) is 5.92 Å². The number of nitrogens with one attached hydrogen (secondary N) is 1. The number of hydrogen-bond donors (Lipinski definition) is 2. The van der Waals surface area contributed by atoms with Crippen molar-refractivity contribution >= 4 is 5.91 Å². The number of pyridine rings is 1. The highest BCUT2D eigenvalue weighted by molar-refractivity contribution is 5.94. The number of carbonyl (C=O) groups excluding carboxylic acids is 1. The molecule has 1 atom stereocenters. The summed E-state index contributed by atoms with van der Waals surface area (Å²) in [5.41, 5.74) is 0.0849. The second-order valence-electron chi connectivity index (χ2n) is 4.50. The molecule has 5 heteroatoms. The van der Waals surface area contributed by atoms with Crippen molar-refractivity contribution in [2.75, 3.05) is 19.8 Å². The molecule has 1 amide bonds. The normalized spacial score (nSPS) is 18.8. The predicted octanol–water partition coefficient (Wildman–Crippen LogP) is 1.33. The van der Waals surface area contributed by atoms with Crippen molar-refractivity contribution in [3.8, 4) is 5.75 Å². The van der Waals surface area contributed by atoms with Crippen molar-refractivity contribution in [2.45, 2.75) is 19.3 Å². The van der Waals surface area contributed by atoms with Crippen LogP contribution < -0.4 is 5.32 Å². The number of ether oxygens (including phenoxy) is 1. The second-order valence-corrected chi connectivity index (χ2v) is 4.50. The molecule has 2 heterocycles. The number of aromatic hydroxyl groups is 1. The minimum Gasteiger partial charge on any atom is -0.505 e. The van der Waals surface area contributed by atoms with Gasteiger partial charge in [0.2, 0.25) is 0 Å². The van der Waals surface area contributed by atoms with Crippen LogP contribution in [0.15, 0.2) is 18.3 Å². The Morgan fingerprint density at radius 2 is 2.50 bits per heavy atom. The lowest BCUT2D eigenvalue weighted by atomic mass is 10.0. The van der Waals surface area contributed by atoms with Crippen LogP contribution in [0, 0.1) is 5.92 Å². The lowest BCUT2D eigenvalue weighted by Gasteiger charge is -2.08. The first-order valence-corrected chi connectivity index (χ1v) is 6.27. The van der Waals surface area contributed by atoms with Crippen molar-refractivity contribution in [1.29, 1.82) is 0 Å². The third-order valence-electron chi connectivity index (χ3n) is 3.10. The van der Waals surface area contributed by atoms with Gasteiger partial charge in [-0.15, -0.1) is 0 Å². The maximum atomic E-state index is 11.7. The zero-order valence-corrected chi connectivity index (χ0v) is 10.3. The van der Waals surface area contributed by atoms with Crippen LogP contribution in [0.25, 0.3) is 0 Å². The lowest BCUT2D eigenvalue weighted by molar-refractivity contribution is 0.0944. The average Bonchev–Trinajstić information content (AvgIpc) is 2.88. The van der Waals surface area contributed by atoms with Crippen molar-refractivity contribution < 1.29 is 14.6 Å². The van der Waals surface area contributed by atoms with Gasteiger partial charge < -0.3 is 15.2 Å². The highest BCUT2D eigenvalue weighted by Crippen LogP contribution is 2.17. The predicted molar refractivity (Wildman–Crippen MR) is 66.4 cm³/mol. The molecule has 1 fully saturated rings. The van der Waals surface area contributed by atoms with E-state index in [-0.39, 0.29) is 17.4 Å². The number of nitrogens with zero attached hydrogens (tertiary/aromatic N) is 1. The van der Waals surface area contributed by atoms with E-state index in [9.17, 15) is 9.90 Å². The number of amides is 1. The van der Waals surface area contributed by atoms with E-state index in [1.54, 1.807) is 6.07 Å². The molecule has 1 aliphatic heterocycles. The maximum absolute atomic E-state index is 11.7. The van der Waals surface area contributed by atoms with Crippen molar-refractivity contribution in [1.82, 2.24) is 10.3 Å². The highest BCUT2D eigenvalue weighted by Gasteiger charge is 2.15. The van der Waals surface area contributed by atoms with E-state index in [4.69, 9.17) is 4.74 Å². The zero-order chi connectivity index (χ0) is 12.8. The standard InChI is InChI=1S/C13H18N2O3/c16-11-4-2-6-14-12(11)13(17)15-7-1-3-10-5-8-18-9-10/h2,4,6,10,16H,1,3,5,7-9H2,(H,15,17). The average molecular weight is 250 g/mol. The fourth-order valence-corrected chi connectivity index (χ4v) is 2.06. The Balaban J connectivity index is 1.70. The first-order valence-electron chi connectivity index (χ1n) is 6.27. The fraction of sp³-hybridized carbons (Fsp3) is 0.538. The molecular weight excluding hydrogens is 232 g/mol. The van der Waals surface area contributed by atoms with Crippen LogP contribution in [0.4, 0.5) is 0 Å². The van der Waals surface area contributed by atoms with Crippen molar-refractivity contribution in [3.63, 3.8) is 0 Å². The number of aromatic nitrogens is 1. The maximum Gasteiger partial charge on any atom is 0.273 e. The van der Waals surface area contributed by atoms with Crippen LogP contribution in [-0.2, 0) is 4.74 Å². The molecule has 0 radical (unpaired) electrons. The summed E-state index contributed by atoms with van der Waals surface area (Å²) in [6, 6.07) is 3.05. The van der Waals surface area contributed by atoms with Gasteiger partial charge in [0.05, 0.1) is 0 Å². The molecule has 0 aromatic carbocycles. The van der Waals surface area contributed by atoms with E-state index < -0.39 is 0 Å². The van der Waals surface area contributed by atoms with Gasteiger partial charge in [0, 0.05) is 26.0 Å². The lowest BCUT2D eigenvalue weighted by Crippen LogP contribution is -2.25. The molecule has 1 aromatic heterocycles. The summed E-state index contributed by atoms with van der Waals surface area (Å²) >= 11 is 0. The van der Waals surface area contributed by atoms with Crippen LogP contribution in [0.2, 0.25) is 0 Å². The van der Waals surface area contributed by atoms with Gasteiger partial charge in [-0.3, -0.25) is 4.79 Å². The quantitative estimate of drug-likeness (QED) is 0.773. The molecule has 0 aliphatic carbocycles. The molecule has 1 aliphatic rings. The Kier molecular flexibility index (Phi) is 4.52. The number of rotatable bonds is 5. The third-order valence-corrected chi connectivity index (χ3v) is 3.10. The summed E-state index contributed by atoms with van der Waals surface area (Å²) in [5, 5.41) is 12.2. The Labute approximate surface area is 106 Å². The van der Waals surface area contributed by atoms with E-state index in [0.29, 0.717) is 12.5 Å². The summed E-state index contributed by atoms with van der Waals surface area (Å²) in [7, 11) is 0. The van der Waals surface area contributed by atoms with Crippen LogP contribution in [0.1, 0.15) is 29.8 Å². The molecule has 1 unspecified atom stereocenters. The van der Waals surface area contributed by atoms with Gasteiger partial charge in [-0.1, -0.05) is 0 Å². The molecule has 2 rings (SSSR count). The SMILES string of the molecule is O=C(NCCCC1CCOC1)c1ncccc1O. The van der Waals surface area contributed by atoms with E-state index >= 15 is 0 Å². The Hall–Kier alpha value is -1.62. The summed E-state index contributed by atoms with van der Waals surface area (Å²) in [4.78, 5) is 15.6. The smallest absolute Gasteiger partial charge is 0.273 e. The van der Waals surface area contributed by atoms with Crippen LogP contribution in [0.5, 0.6) is 5.75 Å². The van der Waals surface area contributed by atoms with Gasteiger partial charge >= 0.3 is 0 Å². The van der Waals surface area contributed by atoms with Gasteiger partial charge in [0.1, 0.15) is 5.75 Å². The molecule has 1 aromatic rings.